The van der Waals surface area contributed by atoms with E-state index in [4.69, 9.17) is 9.47 Å². The quantitative estimate of drug-likeness (QED) is 0.553. The maximum absolute atomic E-state index is 12.6. The number of alkyl halides is 1. The summed E-state index contributed by atoms with van der Waals surface area (Å²) in [5, 5.41) is 0.484. The molecule has 1 unspecified atom stereocenters. The molecule has 23 heavy (non-hydrogen) atoms. The van der Waals surface area contributed by atoms with E-state index >= 15 is 0 Å². The number of rotatable bonds is 7. The Hall–Kier alpha value is -1.12. The lowest BCUT2D eigenvalue weighted by Crippen LogP contribution is -2.49. The number of ether oxygens (including phenoxy) is 2. The molecule has 1 aromatic rings. The summed E-state index contributed by atoms with van der Waals surface area (Å²) in [6.07, 6.45) is 0. The Bertz CT molecular complexity index is 640. The molecule has 8 heteroatoms. The Balaban J connectivity index is 3.08. The first-order valence-corrected chi connectivity index (χ1v) is 9.61. The van der Waals surface area contributed by atoms with Gasteiger partial charge in [-0.25, -0.2) is 8.42 Å². The number of sulfonamides is 1. The van der Waals surface area contributed by atoms with Gasteiger partial charge in [0, 0.05) is 11.4 Å². The highest BCUT2D eigenvalue weighted by molar-refractivity contribution is 9.09. The number of hydrogen-bond donors (Lipinski definition) is 1. The maximum Gasteiger partial charge on any atom is 0.324 e. The van der Waals surface area contributed by atoms with Crippen LogP contribution in [0.15, 0.2) is 29.2 Å². The first-order chi connectivity index (χ1) is 10.6. The third-order valence-corrected chi connectivity index (χ3v) is 4.79. The highest BCUT2D eigenvalue weighted by atomic mass is 79.9. The van der Waals surface area contributed by atoms with Gasteiger partial charge in [-0.05, 0) is 17.5 Å². The molecule has 0 heterocycles. The van der Waals surface area contributed by atoms with E-state index in [0.717, 1.165) is 0 Å². The molecule has 1 atom stereocenters. The van der Waals surface area contributed by atoms with Crippen LogP contribution >= 0.6 is 15.9 Å². The van der Waals surface area contributed by atoms with Crippen molar-refractivity contribution in [2.45, 2.75) is 31.7 Å². The number of carbonyl (C=O) groups is 1. The van der Waals surface area contributed by atoms with Crippen molar-refractivity contribution in [1.82, 2.24) is 4.72 Å². The number of nitrogens with one attached hydrogen (secondary N) is 1. The van der Waals surface area contributed by atoms with Gasteiger partial charge in [-0.3, -0.25) is 4.79 Å². The van der Waals surface area contributed by atoms with Gasteiger partial charge < -0.3 is 9.47 Å². The number of esters is 1. The van der Waals surface area contributed by atoms with Crippen LogP contribution in [0.2, 0.25) is 0 Å². The Morgan fingerprint density at radius 2 is 2.00 bits per heavy atom. The largest absolute Gasteiger partial charge is 0.497 e. The van der Waals surface area contributed by atoms with Gasteiger partial charge in [0.2, 0.25) is 10.0 Å². The maximum atomic E-state index is 12.6. The summed E-state index contributed by atoms with van der Waals surface area (Å²) in [4.78, 5) is 12.2. The second-order valence-electron chi connectivity index (χ2n) is 5.96. The molecule has 0 bridgehead atoms. The fourth-order valence-corrected chi connectivity index (χ4v) is 3.38. The van der Waals surface area contributed by atoms with Crippen molar-refractivity contribution in [2.24, 2.45) is 5.41 Å². The zero-order chi connectivity index (χ0) is 17.7. The Labute approximate surface area is 145 Å². The van der Waals surface area contributed by atoms with E-state index in [1.54, 1.807) is 32.9 Å². The van der Waals surface area contributed by atoms with E-state index in [-0.39, 0.29) is 11.5 Å². The molecule has 0 radical (unpaired) electrons. The zero-order valence-electron chi connectivity index (χ0n) is 13.6. The minimum atomic E-state index is -3.89. The fourth-order valence-electron chi connectivity index (χ4n) is 1.79. The van der Waals surface area contributed by atoms with Crippen molar-refractivity contribution in [3.05, 3.63) is 24.3 Å². The smallest absolute Gasteiger partial charge is 0.324 e. The van der Waals surface area contributed by atoms with Crippen molar-refractivity contribution in [3.63, 3.8) is 0 Å². The molecule has 130 valence electrons. The van der Waals surface area contributed by atoms with Crippen LogP contribution < -0.4 is 9.46 Å². The summed E-state index contributed by atoms with van der Waals surface area (Å²) in [6, 6.07) is 5.05. The molecule has 0 fully saturated rings. The lowest BCUT2D eigenvalue weighted by Gasteiger charge is -2.29. The summed E-state index contributed by atoms with van der Waals surface area (Å²) in [6.45, 7) is 5.47. The lowest BCUT2D eigenvalue weighted by atomic mass is 9.87. The third kappa shape index (κ3) is 5.78. The van der Waals surface area contributed by atoms with Crippen LogP contribution in [0.3, 0.4) is 0 Å². The van der Waals surface area contributed by atoms with E-state index in [1.807, 2.05) is 0 Å². The number of halogens is 1. The van der Waals surface area contributed by atoms with E-state index in [9.17, 15) is 13.2 Å². The lowest BCUT2D eigenvalue weighted by molar-refractivity contribution is -0.147. The minimum Gasteiger partial charge on any atom is -0.497 e. The number of benzene rings is 1. The molecule has 0 aromatic heterocycles. The van der Waals surface area contributed by atoms with Crippen LogP contribution in [0.4, 0.5) is 0 Å². The molecule has 1 N–H and O–H groups in total. The zero-order valence-corrected chi connectivity index (χ0v) is 16.0. The van der Waals surface area contributed by atoms with Crippen LogP contribution in [0.5, 0.6) is 5.75 Å². The Morgan fingerprint density at radius 1 is 1.35 bits per heavy atom. The predicted molar refractivity (Wildman–Crippen MR) is 91.3 cm³/mol. The van der Waals surface area contributed by atoms with Gasteiger partial charge >= 0.3 is 5.97 Å². The van der Waals surface area contributed by atoms with Gasteiger partial charge in [0.05, 0.1) is 12.0 Å². The average Bonchev–Trinajstić information content (AvgIpc) is 2.49. The van der Waals surface area contributed by atoms with Crippen molar-refractivity contribution >= 4 is 31.9 Å². The van der Waals surface area contributed by atoms with Gasteiger partial charge in [-0.15, -0.1) is 0 Å². The number of hydrogen-bond acceptors (Lipinski definition) is 5. The van der Waals surface area contributed by atoms with Gasteiger partial charge in [0.25, 0.3) is 0 Å². The van der Waals surface area contributed by atoms with E-state index < -0.39 is 27.4 Å². The molecule has 1 aromatic carbocycles. The third-order valence-electron chi connectivity index (χ3n) is 3.05. The molecule has 0 aliphatic heterocycles. The Morgan fingerprint density at radius 3 is 2.52 bits per heavy atom. The summed E-state index contributed by atoms with van der Waals surface area (Å²) >= 11 is 3.16. The second kappa shape index (κ2) is 8.12. The molecular formula is C15H22BrNO5S. The summed E-state index contributed by atoms with van der Waals surface area (Å²) in [5.41, 5.74) is -0.644. The second-order valence-corrected chi connectivity index (χ2v) is 8.46. The molecule has 1 rings (SSSR count). The molecule has 0 amide bonds. The van der Waals surface area contributed by atoms with Gasteiger partial charge in [-0.1, -0.05) is 42.8 Å². The molecule has 6 nitrogen and oxygen atoms in total. The highest BCUT2D eigenvalue weighted by Crippen LogP contribution is 2.24. The van der Waals surface area contributed by atoms with E-state index in [0.29, 0.717) is 11.1 Å². The first kappa shape index (κ1) is 19.9. The molecule has 0 saturated heterocycles. The highest BCUT2D eigenvalue weighted by Gasteiger charge is 2.36. The number of methoxy groups -OCH3 is 1. The van der Waals surface area contributed by atoms with Crippen LogP contribution in [0.25, 0.3) is 0 Å². The van der Waals surface area contributed by atoms with Crippen LogP contribution in [0, 0.1) is 5.41 Å². The van der Waals surface area contributed by atoms with Crippen molar-refractivity contribution < 1.29 is 22.7 Å². The van der Waals surface area contributed by atoms with Crippen LogP contribution in [-0.4, -0.2) is 39.5 Å². The van der Waals surface area contributed by atoms with Crippen molar-refractivity contribution in [1.29, 1.82) is 0 Å². The minimum absolute atomic E-state index is 0.0272. The van der Waals surface area contributed by atoms with Gasteiger partial charge in [0.1, 0.15) is 18.4 Å². The summed E-state index contributed by atoms with van der Waals surface area (Å²) in [7, 11) is -2.43. The molecule has 0 aliphatic carbocycles. The normalized spacial score (nSPS) is 13.4. The van der Waals surface area contributed by atoms with Crippen LogP contribution in [-0.2, 0) is 19.6 Å². The van der Waals surface area contributed by atoms with Crippen LogP contribution in [0.1, 0.15) is 20.8 Å². The Kier molecular flexibility index (Phi) is 7.03. The predicted octanol–water partition coefficient (Wildman–Crippen LogP) is 2.33. The van der Waals surface area contributed by atoms with Crippen molar-refractivity contribution in [2.75, 3.05) is 19.0 Å². The molecular weight excluding hydrogens is 386 g/mol. The topological polar surface area (TPSA) is 81.7 Å². The summed E-state index contributed by atoms with van der Waals surface area (Å²) in [5.74, 6) is -0.189. The number of carbonyl (C=O) groups excluding carboxylic acids is 1. The van der Waals surface area contributed by atoms with E-state index in [1.165, 1.54) is 19.2 Å². The molecule has 0 spiro atoms. The first-order valence-electron chi connectivity index (χ1n) is 7.01. The SMILES string of the molecule is COc1cccc(S(=O)(=O)NC(C(=O)OCCBr)C(C)(C)C)c1. The summed E-state index contributed by atoms with van der Waals surface area (Å²) < 4.78 is 37.6. The monoisotopic (exact) mass is 407 g/mol. The molecule has 0 aliphatic rings. The fraction of sp³-hybridized carbons (Fsp3) is 0.533. The van der Waals surface area contributed by atoms with E-state index in [2.05, 4.69) is 20.7 Å². The standard InChI is InChI=1S/C15H22BrNO5S/c1-15(2,3)13(14(18)22-9-8-16)17-23(19,20)12-7-5-6-11(10-12)21-4/h5-7,10,13,17H,8-9H2,1-4H3. The molecule has 0 saturated carbocycles. The van der Waals surface area contributed by atoms with Gasteiger partial charge in [0.15, 0.2) is 0 Å². The van der Waals surface area contributed by atoms with Gasteiger partial charge in [-0.2, -0.15) is 4.72 Å². The van der Waals surface area contributed by atoms with Crippen molar-refractivity contribution in [3.8, 4) is 5.75 Å². The average molecular weight is 408 g/mol.